The predicted octanol–water partition coefficient (Wildman–Crippen LogP) is -0.781. The molecule has 0 aliphatic rings. The van der Waals surface area contributed by atoms with E-state index in [-0.39, 0.29) is 25.0 Å². The van der Waals surface area contributed by atoms with Gasteiger partial charge in [-0.2, -0.15) is 0 Å². The molecule has 0 radical (unpaired) electrons. The summed E-state index contributed by atoms with van der Waals surface area (Å²) in [4.78, 5) is 11.6. The van der Waals surface area contributed by atoms with Crippen molar-refractivity contribution in [2.24, 2.45) is 11.7 Å². The molecule has 90 valence electrons. The highest BCUT2D eigenvalue weighted by molar-refractivity contribution is 5.82. The molecule has 5 N–H and O–H groups in total. The van der Waals surface area contributed by atoms with Crippen LogP contribution >= 0.6 is 0 Å². The summed E-state index contributed by atoms with van der Waals surface area (Å²) in [6.45, 7) is 4.88. The van der Waals surface area contributed by atoms with Crippen LogP contribution in [0.15, 0.2) is 0 Å². The second-order valence-electron chi connectivity index (χ2n) is 4.21. The van der Waals surface area contributed by atoms with E-state index in [1.165, 1.54) is 0 Å². The Labute approximate surface area is 90.7 Å². The van der Waals surface area contributed by atoms with Crippen molar-refractivity contribution in [3.63, 3.8) is 0 Å². The largest absolute Gasteiger partial charge is 0.394 e. The van der Waals surface area contributed by atoms with Crippen LogP contribution in [0, 0.1) is 5.92 Å². The van der Waals surface area contributed by atoms with E-state index in [1.54, 1.807) is 6.92 Å². The fraction of sp³-hybridized carbons (Fsp3) is 0.900. The van der Waals surface area contributed by atoms with E-state index in [9.17, 15) is 4.79 Å². The standard InChI is InChI=1S/C10H22N2O3/c1-4-10(5-13,6-14)12-9(15)8(11)7(2)3/h7-8,13-14H,4-6,11H2,1-3H3,(H,12,15)/t8-/m1/s1. The van der Waals surface area contributed by atoms with Crippen molar-refractivity contribution in [1.29, 1.82) is 0 Å². The van der Waals surface area contributed by atoms with Gasteiger partial charge in [0, 0.05) is 0 Å². The van der Waals surface area contributed by atoms with Crippen molar-refractivity contribution in [3.8, 4) is 0 Å². The van der Waals surface area contributed by atoms with Gasteiger partial charge in [-0.1, -0.05) is 20.8 Å². The van der Waals surface area contributed by atoms with E-state index < -0.39 is 11.6 Å². The maximum Gasteiger partial charge on any atom is 0.237 e. The topological polar surface area (TPSA) is 95.6 Å². The van der Waals surface area contributed by atoms with E-state index in [2.05, 4.69) is 5.32 Å². The molecule has 5 nitrogen and oxygen atoms in total. The number of carbonyl (C=O) groups is 1. The van der Waals surface area contributed by atoms with Gasteiger partial charge in [-0.25, -0.2) is 0 Å². The smallest absolute Gasteiger partial charge is 0.237 e. The van der Waals surface area contributed by atoms with Crippen LogP contribution in [0.4, 0.5) is 0 Å². The van der Waals surface area contributed by atoms with E-state index in [4.69, 9.17) is 15.9 Å². The summed E-state index contributed by atoms with van der Waals surface area (Å²) in [6, 6.07) is -0.617. The molecule has 0 spiro atoms. The van der Waals surface area contributed by atoms with Gasteiger partial charge >= 0.3 is 0 Å². The van der Waals surface area contributed by atoms with Crippen LogP contribution in [-0.4, -0.2) is 40.9 Å². The van der Waals surface area contributed by atoms with Crippen LogP contribution in [0.3, 0.4) is 0 Å². The second kappa shape index (κ2) is 6.05. The van der Waals surface area contributed by atoms with Gasteiger partial charge in [0.05, 0.1) is 24.8 Å². The summed E-state index contributed by atoms with van der Waals surface area (Å²) in [5, 5.41) is 20.9. The number of carbonyl (C=O) groups excluding carboxylic acids is 1. The van der Waals surface area contributed by atoms with Gasteiger partial charge in [0.25, 0.3) is 0 Å². The molecular formula is C10H22N2O3. The molecule has 0 saturated heterocycles. The summed E-state index contributed by atoms with van der Waals surface area (Å²) in [6.07, 6.45) is 0.455. The van der Waals surface area contributed by atoms with Gasteiger partial charge in [-0.3, -0.25) is 4.79 Å². The maximum absolute atomic E-state index is 11.6. The van der Waals surface area contributed by atoms with Crippen molar-refractivity contribution in [1.82, 2.24) is 5.32 Å². The van der Waals surface area contributed by atoms with E-state index in [1.807, 2.05) is 13.8 Å². The average Bonchev–Trinajstić information content (AvgIpc) is 2.24. The van der Waals surface area contributed by atoms with Crippen molar-refractivity contribution >= 4 is 5.91 Å². The minimum absolute atomic E-state index is 0.0249. The zero-order valence-corrected chi connectivity index (χ0v) is 9.66. The Morgan fingerprint density at radius 2 is 1.87 bits per heavy atom. The summed E-state index contributed by atoms with van der Waals surface area (Å²) < 4.78 is 0. The lowest BCUT2D eigenvalue weighted by atomic mass is 9.96. The van der Waals surface area contributed by atoms with Crippen molar-refractivity contribution in [2.75, 3.05) is 13.2 Å². The number of hydrogen-bond donors (Lipinski definition) is 4. The third-order valence-corrected chi connectivity index (χ3v) is 2.69. The summed E-state index contributed by atoms with van der Waals surface area (Å²) in [5.74, 6) is -0.313. The Balaban J connectivity index is 4.48. The Kier molecular flexibility index (Phi) is 5.79. The van der Waals surface area contributed by atoms with Crippen molar-refractivity contribution < 1.29 is 15.0 Å². The minimum atomic E-state index is -0.955. The number of aliphatic hydroxyl groups excluding tert-OH is 2. The second-order valence-corrected chi connectivity index (χ2v) is 4.21. The number of amides is 1. The van der Waals surface area contributed by atoms with Gasteiger partial charge in [0.15, 0.2) is 0 Å². The molecule has 0 aromatic heterocycles. The number of aliphatic hydroxyl groups is 2. The molecule has 0 aliphatic carbocycles. The number of hydrogen-bond acceptors (Lipinski definition) is 4. The third-order valence-electron chi connectivity index (χ3n) is 2.69. The Hall–Kier alpha value is -0.650. The highest BCUT2D eigenvalue weighted by atomic mass is 16.3. The monoisotopic (exact) mass is 218 g/mol. The first-order valence-corrected chi connectivity index (χ1v) is 5.21. The molecule has 15 heavy (non-hydrogen) atoms. The summed E-state index contributed by atoms with van der Waals surface area (Å²) in [7, 11) is 0. The molecule has 0 aromatic carbocycles. The minimum Gasteiger partial charge on any atom is -0.394 e. The van der Waals surface area contributed by atoms with Crippen molar-refractivity contribution in [3.05, 3.63) is 0 Å². The van der Waals surface area contributed by atoms with Crippen LogP contribution < -0.4 is 11.1 Å². The molecule has 0 saturated carbocycles. The molecular weight excluding hydrogens is 196 g/mol. The van der Waals surface area contributed by atoms with Crippen LogP contribution in [-0.2, 0) is 4.79 Å². The van der Waals surface area contributed by atoms with Gasteiger partial charge < -0.3 is 21.3 Å². The first kappa shape index (κ1) is 14.3. The molecule has 0 rings (SSSR count). The maximum atomic E-state index is 11.6. The van der Waals surface area contributed by atoms with Gasteiger partial charge in [0.2, 0.25) is 5.91 Å². The molecule has 0 aromatic rings. The predicted molar refractivity (Wildman–Crippen MR) is 58.1 cm³/mol. The van der Waals surface area contributed by atoms with E-state index in [0.29, 0.717) is 6.42 Å². The SMILES string of the molecule is CCC(CO)(CO)NC(=O)[C@H](N)C(C)C. The van der Waals surface area contributed by atoms with Gasteiger partial charge in [0.1, 0.15) is 0 Å². The Morgan fingerprint density at radius 3 is 2.13 bits per heavy atom. The lowest BCUT2D eigenvalue weighted by molar-refractivity contribution is -0.126. The average molecular weight is 218 g/mol. The third kappa shape index (κ3) is 3.77. The van der Waals surface area contributed by atoms with E-state index >= 15 is 0 Å². The van der Waals surface area contributed by atoms with E-state index in [0.717, 1.165) is 0 Å². The van der Waals surface area contributed by atoms with Crippen LogP contribution in [0.1, 0.15) is 27.2 Å². The molecule has 0 bridgehead atoms. The fourth-order valence-corrected chi connectivity index (χ4v) is 1.09. The number of rotatable bonds is 6. The van der Waals surface area contributed by atoms with Crippen LogP contribution in [0.5, 0.6) is 0 Å². The molecule has 5 heteroatoms. The first-order valence-electron chi connectivity index (χ1n) is 5.21. The van der Waals surface area contributed by atoms with Gasteiger partial charge in [-0.15, -0.1) is 0 Å². The number of nitrogens with two attached hydrogens (primary N) is 1. The summed E-state index contributed by atoms with van der Waals surface area (Å²) in [5.41, 5.74) is 4.70. The lowest BCUT2D eigenvalue weighted by Gasteiger charge is -2.31. The molecule has 0 heterocycles. The van der Waals surface area contributed by atoms with Crippen molar-refractivity contribution in [2.45, 2.75) is 38.8 Å². The lowest BCUT2D eigenvalue weighted by Crippen LogP contribution is -2.58. The summed E-state index contributed by atoms with van der Waals surface area (Å²) >= 11 is 0. The zero-order valence-electron chi connectivity index (χ0n) is 9.66. The van der Waals surface area contributed by atoms with Crippen LogP contribution in [0.2, 0.25) is 0 Å². The first-order chi connectivity index (χ1) is 6.92. The molecule has 1 atom stereocenters. The van der Waals surface area contributed by atoms with Crippen LogP contribution in [0.25, 0.3) is 0 Å². The Bertz CT molecular complexity index is 195. The Morgan fingerprint density at radius 1 is 1.40 bits per heavy atom. The molecule has 0 unspecified atom stereocenters. The molecule has 1 amide bonds. The normalized spacial score (nSPS) is 14.1. The fourth-order valence-electron chi connectivity index (χ4n) is 1.09. The highest BCUT2D eigenvalue weighted by Crippen LogP contribution is 2.09. The zero-order chi connectivity index (χ0) is 12.1. The molecule has 0 fully saturated rings. The quantitative estimate of drug-likeness (QED) is 0.470. The van der Waals surface area contributed by atoms with Gasteiger partial charge in [-0.05, 0) is 12.3 Å². The molecule has 0 aliphatic heterocycles. The number of nitrogens with one attached hydrogen (secondary N) is 1. The highest BCUT2D eigenvalue weighted by Gasteiger charge is 2.31.